The third kappa shape index (κ3) is 2.95. The summed E-state index contributed by atoms with van der Waals surface area (Å²) in [5.41, 5.74) is 8.20. The number of hydrogen-bond acceptors (Lipinski definition) is 3. The van der Waals surface area contributed by atoms with Crippen LogP contribution in [0.15, 0.2) is 12.3 Å². The van der Waals surface area contributed by atoms with Gasteiger partial charge in [0.2, 0.25) is 0 Å². The molecule has 2 heterocycles. The highest BCUT2D eigenvalue weighted by Crippen LogP contribution is 2.19. The van der Waals surface area contributed by atoms with Crippen molar-refractivity contribution >= 4 is 5.82 Å². The lowest BCUT2D eigenvalue weighted by Gasteiger charge is -2.09. The van der Waals surface area contributed by atoms with Crippen molar-refractivity contribution < 1.29 is 4.74 Å². The molecule has 1 aromatic heterocycles. The Bertz CT molecular complexity index is 346. The van der Waals surface area contributed by atoms with E-state index >= 15 is 0 Å². The van der Waals surface area contributed by atoms with Gasteiger partial charge in [-0.25, -0.2) is 4.98 Å². The molecule has 1 unspecified atom stereocenters. The standard InChI is InChI=1S/C13H20N2O/c1-10-8-11(13(14)15-9-10)4-2-5-12-6-3-7-16-12/h8-9,12H,2-7H2,1H3,(H2,14,15). The van der Waals surface area contributed by atoms with Gasteiger partial charge in [0.25, 0.3) is 0 Å². The lowest BCUT2D eigenvalue weighted by atomic mass is 10.0. The van der Waals surface area contributed by atoms with Crippen molar-refractivity contribution in [3.05, 3.63) is 23.4 Å². The minimum absolute atomic E-state index is 0.485. The smallest absolute Gasteiger partial charge is 0.126 e. The average molecular weight is 220 g/mol. The summed E-state index contributed by atoms with van der Waals surface area (Å²) in [6.45, 7) is 2.99. The molecule has 1 saturated heterocycles. The Kier molecular flexibility index (Phi) is 3.78. The first kappa shape index (κ1) is 11.4. The van der Waals surface area contributed by atoms with Gasteiger partial charge in [0.05, 0.1) is 6.10 Å². The first-order valence-electron chi connectivity index (χ1n) is 6.08. The third-order valence-electron chi connectivity index (χ3n) is 3.13. The van der Waals surface area contributed by atoms with E-state index in [1.807, 2.05) is 6.20 Å². The van der Waals surface area contributed by atoms with Gasteiger partial charge in [-0.3, -0.25) is 0 Å². The molecule has 0 spiro atoms. The Labute approximate surface area is 97.0 Å². The Morgan fingerprint density at radius 2 is 2.44 bits per heavy atom. The molecule has 1 aromatic rings. The number of pyridine rings is 1. The van der Waals surface area contributed by atoms with Crippen LogP contribution in [0.4, 0.5) is 5.82 Å². The van der Waals surface area contributed by atoms with Crippen LogP contribution in [0, 0.1) is 6.92 Å². The fraction of sp³-hybridized carbons (Fsp3) is 0.615. The Morgan fingerprint density at radius 3 is 3.19 bits per heavy atom. The molecule has 2 N–H and O–H groups in total. The largest absolute Gasteiger partial charge is 0.383 e. The SMILES string of the molecule is Cc1cnc(N)c(CCCC2CCCO2)c1. The number of nitrogens with two attached hydrogens (primary N) is 1. The van der Waals surface area contributed by atoms with Crippen LogP contribution in [0.1, 0.15) is 36.8 Å². The van der Waals surface area contributed by atoms with E-state index < -0.39 is 0 Å². The fourth-order valence-electron chi connectivity index (χ4n) is 2.23. The van der Waals surface area contributed by atoms with Gasteiger partial charge in [-0.15, -0.1) is 0 Å². The molecule has 0 amide bonds. The van der Waals surface area contributed by atoms with Crippen LogP contribution in [0.3, 0.4) is 0 Å². The Balaban J connectivity index is 1.82. The number of aromatic nitrogens is 1. The lowest BCUT2D eigenvalue weighted by molar-refractivity contribution is 0.102. The molecule has 1 atom stereocenters. The highest BCUT2D eigenvalue weighted by atomic mass is 16.5. The predicted molar refractivity (Wildman–Crippen MR) is 65.3 cm³/mol. The Morgan fingerprint density at radius 1 is 1.56 bits per heavy atom. The molecule has 0 aliphatic carbocycles. The molecule has 1 aliphatic heterocycles. The summed E-state index contributed by atoms with van der Waals surface area (Å²) >= 11 is 0. The fourth-order valence-corrected chi connectivity index (χ4v) is 2.23. The first-order chi connectivity index (χ1) is 7.75. The van der Waals surface area contributed by atoms with E-state index in [9.17, 15) is 0 Å². The number of nitrogen functional groups attached to an aromatic ring is 1. The van der Waals surface area contributed by atoms with Crippen LogP contribution in [-0.4, -0.2) is 17.7 Å². The van der Waals surface area contributed by atoms with E-state index in [2.05, 4.69) is 18.0 Å². The zero-order valence-electron chi connectivity index (χ0n) is 9.91. The predicted octanol–water partition coefficient (Wildman–Crippen LogP) is 2.47. The number of hydrogen-bond donors (Lipinski definition) is 1. The second-order valence-corrected chi connectivity index (χ2v) is 4.58. The molecular weight excluding hydrogens is 200 g/mol. The van der Waals surface area contributed by atoms with Gasteiger partial charge < -0.3 is 10.5 Å². The van der Waals surface area contributed by atoms with Crippen LogP contribution < -0.4 is 5.73 Å². The monoisotopic (exact) mass is 220 g/mol. The van der Waals surface area contributed by atoms with Crippen LogP contribution in [0.5, 0.6) is 0 Å². The minimum Gasteiger partial charge on any atom is -0.383 e. The van der Waals surface area contributed by atoms with E-state index in [0.717, 1.165) is 25.9 Å². The molecule has 88 valence electrons. The topological polar surface area (TPSA) is 48.1 Å². The maximum Gasteiger partial charge on any atom is 0.126 e. The zero-order chi connectivity index (χ0) is 11.4. The molecule has 1 aliphatic rings. The number of nitrogens with zero attached hydrogens (tertiary/aromatic N) is 1. The average Bonchev–Trinajstić information content (AvgIpc) is 2.76. The van der Waals surface area contributed by atoms with Gasteiger partial charge in [-0.1, -0.05) is 6.07 Å². The molecule has 0 bridgehead atoms. The van der Waals surface area contributed by atoms with E-state index in [-0.39, 0.29) is 0 Å². The quantitative estimate of drug-likeness (QED) is 0.848. The normalized spacial score (nSPS) is 20.2. The van der Waals surface area contributed by atoms with Crippen molar-refractivity contribution in [1.82, 2.24) is 4.98 Å². The second-order valence-electron chi connectivity index (χ2n) is 4.58. The van der Waals surface area contributed by atoms with E-state index in [1.165, 1.54) is 24.0 Å². The molecule has 0 aromatic carbocycles. The van der Waals surface area contributed by atoms with Crippen molar-refractivity contribution in [1.29, 1.82) is 0 Å². The molecular formula is C13H20N2O. The molecule has 1 fully saturated rings. The summed E-state index contributed by atoms with van der Waals surface area (Å²) < 4.78 is 5.60. The van der Waals surface area contributed by atoms with Gasteiger partial charge in [0, 0.05) is 12.8 Å². The van der Waals surface area contributed by atoms with E-state index in [4.69, 9.17) is 10.5 Å². The van der Waals surface area contributed by atoms with Crippen LogP contribution in [-0.2, 0) is 11.2 Å². The summed E-state index contributed by atoms with van der Waals surface area (Å²) in [7, 11) is 0. The van der Waals surface area contributed by atoms with Crippen molar-refractivity contribution in [3.8, 4) is 0 Å². The van der Waals surface area contributed by atoms with Gasteiger partial charge in [0.15, 0.2) is 0 Å². The molecule has 3 heteroatoms. The number of aryl methyl sites for hydroxylation is 2. The van der Waals surface area contributed by atoms with Gasteiger partial charge in [-0.05, 0) is 50.2 Å². The van der Waals surface area contributed by atoms with Gasteiger partial charge >= 0.3 is 0 Å². The highest BCUT2D eigenvalue weighted by molar-refractivity contribution is 5.40. The Hall–Kier alpha value is -1.09. The van der Waals surface area contributed by atoms with E-state index in [0.29, 0.717) is 11.9 Å². The van der Waals surface area contributed by atoms with Gasteiger partial charge in [0.1, 0.15) is 5.82 Å². The maximum absolute atomic E-state index is 5.84. The van der Waals surface area contributed by atoms with Crippen molar-refractivity contribution in [2.24, 2.45) is 0 Å². The first-order valence-corrected chi connectivity index (χ1v) is 6.08. The zero-order valence-corrected chi connectivity index (χ0v) is 9.91. The minimum atomic E-state index is 0.485. The molecule has 0 radical (unpaired) electrons. The molecule has 2 rings (SSSR count). The number of ether oxygens (including phenoxy) is 1. The second kappa shape index (κ2) is 5.30. The summed E-state index contributed by atoms with van der Waals surface area (Å²) in [6.07, 6.45) is 8.05. The maximum atomic E-state index is 5.84. The van der Waals surface area contributed by atoms with Crippen molar-refractivity contribution in [2.45, 2.75) is 45.1 Å². The number of rotatable bonds is 4. The summed E-state index contributed by atoms with van der Waals surface area (Å²) in [6, 6.07) is 2.14. The third-order valence-corrected chi connectivity index (χ3v) is 3.13. The van der Waals surface area contributed by atoms with Crippen molar-refractivity contribution in [2.75, 3.05) is 12.3 Å². The summed E-state index contributed by atoms with van der Waals surface area (Å²) in [5, 5.41) is 0. The number of anilines is 1. The van der Waals surface area contributed by atoms with Gasteiger partial charge in [-0.2, -0.15) is 0 Å². The lowest BCUT2D eigenvalue weighted by Crippen LogP contribution is -2.06. The molecule has 3 nitrogen and oxygen atoms in total. The van der Waals surface area contributed by atoms with Crippen LogP contribution in [0.2, 0.25) is 0 Å². The van der Waals surface area contributed by atoms with Crippen molar-refractivity contribution in [3.63, 3.8) is 0 Å². The highest BCUT2D eigenvalue weighted by Gasteiger charge is 2.14. The molecule has 16 heavy (non-hydrogen) atoms. The summed E-state index contributed by atoms with van der Waals surface area (Å²) in [5.74, 6) is 0.679. The summed E-state index contributed by atoms with van der Waals surface area (Å²) in [4.78, 5) is 4.18. The van der Waals surface area contributed by atoms with E-state index in [1.54, 1.807) is 0 Å². The van der Waals surface area contributed by atoms with Crippen LogP contribution in [0.25, 0.3) is 0 Å². The molecule has 0 saturated carbocycles. The van der Waals surface area contributed by atoms with Crippen LogP contribution >= 0.6 is 0 Å².